The van der Waals surface area contributed by atoms with Crippen LogP contribution in [0.15, 0.2) is 96.2 Å². The first-order chi connectivity index (χ1) is 22.9. The van der Waals surface area contributed by atoms with E-state index in [-0.39, 0.29) is 18.0 Å². The van der Waals surface area contributed by atoms with Crippen LogP contribution in [-0.4, -0.2) is 116 Å². The van der Waals surface area contributed by atoms with E-state index in [1.165, 1.54) is 23.6 Å². The minimum atomic E-state index is -1.70. The van der Waals surface area contributed by atoms with Gasteiger partial charge in [-0.25, -0.2) is 0 Å². The minimum absolute atomic E-state index is 0.0957. The largest absolute Gasteiger partial charge is 0.394 e. The SMILES string of the molecule is CC(=O)N[C@@H](/C=N/OCCOCCOCCOCCSC(c1ccccc1)(c1ccccc1)c1ccccc1)[C@@H](O)[C@H](O)[C@H](O)CO. The number of nitrogens with one attached hydrogen (secondary N) is 1. The van der Waals surface area contributed by atoms with E-state index in [2.05, 4.69) is 83.3 Å². The van der Waals surface area contributed by atoms with E-state index < -0.39 is 36.9 Å². The molecule has 0 spiro atoms. The number of aliphatic hydroxyl groups is 4. The van der Waals surface area contributed by atoms with Gasteiger partial charge in [0.15, 0.2) is 0 Å². The molecule has 0 bridgehead atoms. The number of carbonyl (C=O) groups is 1. The molecule has 1 amide bonds. The summed E-state index contributed by atoms with van der Waals surface area (Å²) in [5, 5.41) is 44.6. The molecular formula is C35H46N2O9S. The van der Waals surface area contributed by atoms with Crippen molar-refractivity contribution < 1.29 is 44.3 Å². The summed E-state index contributed by atoms with van der Waals surface area (Å²) in [7, 11) is 0. The first kappa shape index (κ1) is 38.1. The van der Waals surface area contributed by atoms with Crippen LogP contribution in [0.25, 0.3) is 0 Å². The molecule has 0 aliphatic heterocycles. The number of ether oxygens (including phenoxy) is 3. The number of benzene rings is 3. The van der Waals surface area contributed by atoms with Crippen LogP contribution in [0.1, 0.15) is 23.6 Å². The van der Waals surface area contributed by atoms with Crippen molar-refractivity contribution in [3.63, 3.8) is 0 Å². The highest BCUT2D eigenvalue weighted by Gasteiger charge is 2.36. The lowest BCUT2D eigenvalue weighted by Gasteiger charge is -2.35. The van der Waals surface area contributed by atoms with E-state index in [0.29, 0.717) is 33.0 Å². The maximum atomic E-state index is 11.4. The number of amides is 1. The van der Waals surface area contributed by atoms with Gasteiger partial charge in [-0.2, -0.15) is 0 Å². The van der Waals surface area contributed by atoms with Gasteiger partial charge in [0.2, 0.25) is 5.91 Å². The fourth-order valence-electron chi connectivity index (χ4n) is 4.82. The van der Waals surface area contributed by atoms with Crippen LogP contribution in [0.2, 0.25) is 0 Å². The molecule has 4 atom stereocenters. The molecule has 47 heavy (non-hydrogen) atoms. The Morgan fingerprint density at radius 3 is 1.64 bits per heavy atom. The van der Waals surface area contributed by atoms with E-state index in [1.807, 2.05) is 30.0 Å². The zero-order valence-corrected chi connectivity index (χ0v) is 27.4. The fraction of sp³-hybridized carbons (Fsp3) is 0.429. The Balaban J connectivity index is 1.33. The molecule has 256 valence electrons. The smallest absolute Gasteiger partial charge is 0.217 e. The predicted octanol–water partition coefficient (Wildman–Crippen LogP) is 2.34. The Morgan fingerprint density at radius 1 is 0.745 bits per heavy atom. The molecular weight excluding hydrogens is 624 g/mol. The van der Waals surface area contributed by atoms with Crippen LogP contribution in [-0.2, 0) is 28.6 Å². The maximum absolute atomic E-state index is 11.4. The lowest BCUT2D eigenvalue weighted by Crippen LogP contribution is -2.53. The molecule has 0 aliphatic rings. The molecule has 5 N–H and O–H groups in total. The van der Waals surface area contributed by atoms with Crippen LogP contribution < -0.4 is 5.32 Å². The highest BCUT2D eigenvalue weighted by Crippen LogP contribution is 2.48. The van der Waals surface area contributed by atoms with Crippen LogP contribution >= 0.6 is 11.8 Å². The zero-order chi connectivity index (χ0) is 33.7. The lowest BCUT2D eigenvalue weighted by atomic mass is 9.84. The summed E-state index contributed by atoms with van der Waals surface area (Å²) in [4.78, 5) is 16.5. The molecule has 0 aliphatic carbocycles. The summed E-state index contributed by atoms with van der Waals surface area (Å²) >= 11 is 1.85. The van der Waals surface area contributed by atoms with E-state index >= 15 is 0 Å². The molecule has 12 heteroatoms. The van der Waals surface area contributed by atoms with Crippen molar-refractivity contribution in [2.75, 3.05) is 58.6 Å². The van der Waals surface area contributed by atoms with Crippen molar-refractivity contribution in [2.24, 2.45) is 5.16 Å². The van der Waals surface area contributed by atoms with Crippen LogP contribution in [0, 0.1) is 0 Å². The van der Waals surface area contributed by atoms with Gasteiger partial charge >= 0.3 is 0 Å². The summed E-state index contributed by atoms with van der Waals surface area (Å²) in [6, 6.07) is 30.5. The number of carbonyl (C=O) groups excluding carboxylic acids is 1. The molecule has 3 rings (SSSR count). The molecule has 0 aromatic heterocycles. The average Bonchev–Trinajstić information content (AvgIpc) is 3.11. The number of nitrogens with zero attached hydrogens (tertiary/aromatic N) is 1. The number of hydrogen-bond acceptors (Lipinski definition) is 11. The molecule has 0 heterocycles. The maximum Gasteiger partial charge on any atom is 0.217 e. The number of aliphatic hydroxyl groups excluding tert-OH is 4. The van der Waals surface area contributed by atoms with Crippen molar-refractivity contribution >= 4 is 23.9 Å². The molecule has 0 unspecified atom stereocenters. The van der Waals surface area contributed by atoms with Gasteiger partial charge in [-0.05, 0) is 16.7 Å². The molecule has 3 aromatic carbocycles. The van der Waals surface area contributed by atoms with Crippen molar-refractivity contribution in [2.45, 2.75) is 36.0 Å². The topological polar surface area (TPSA) is 159 Å². The Bertz CT molecular complexity index is 1190. The second-order valence-electron chi connectivity index (χ2n) is 10.5. The first-order valence-corrected chi connectivity index (χ1v) is 16.5. The molecule has 0 saturated carbocycles. The van der Waals surface area contributed by atoms with Gasteiger partial charge in [0.25, 0.3) is 0 Å². The minimum Gasteiger partial charge on any atom is -0.394 e. The summed E-state index contributed by atoms with van der Waals surface area (Å²) in [5.41, 5.74) is 3.64. The molecule has 0 fully saturated rings. The van der Waals surface area contributed by atoms with Gasteiger partial charge in [0.1, 0.15) is 24.9 Å². The van der Waals surface area contributed by atoms with Gasteiger partial charge in [0.05, 0.1) is 63.3 Å². The van der Waals surface area contributed by atoms with E-state index in [4.69, 9.17) is 24.2 Å². The van der Waals surface area contributed by atoms with Crippen LogP contribution in [0.5, 0.6) is 0 Å². The third kappa shape index (κ3) is 12.3. The predicted molar refractivity (Wildman–Crippen MR) is 181 cm³/mol. The number of thioether (sulfide) groups is 1. The zero-order valence-electron chi connectivity index (χ0n) is 26.6. The normalized spacial score (nSPS) is 14.4. The Labute approximate surface area is 280 Å². The van der Waals surface area contributed by atoms with Crippen LogP contribution in [0.3, 0.4) is 0 Å². The van der Waals surface area contributed by atoms with Gasteiger partial charge in [-0.1, -0.05) is 96.2 Å². The summed E-state index contributed by atoms with van der Waals surface area (Å²) in [6.07, 6.45) is -3.81. The standard InChI is InChI=1S/C35H46N2O9S/c1-27(39)37-31(33(41)34(42)32(40)26-38)25-36-46-22-21-44-18-17-43-19-20-45-23-24-47-35(28-11-5-2-6-12-28,29-13-7-3-8-14-29)30-15-9-4-10-16-30/h2-16,25,31-34,38,40-42H,17-24,26H2,1H3,(H,37,39)/b36-25+/t31-,32+,33+,34+/m0/s1. The lowest BCUT2D eigenvalue weighted by molar-refractivity contribution is -0.121. The van der Waals surface area contributed by atoms with Crippen molar-refractivity contribution in [3.8, 4) is 0 Å². The van der Waals surface area contributed by atoms with Gasteiger partial charge < -0.3 is 44.8 Å². The summed E-state index contributed by atoms with van der Waals surface area (Å²) in [6.45, 7) is 2.96. The van der Waals surface area contributed by atoms with Crippen LogP contribution in [0.4, 0.5) is 0 Å². The van der Waals surface area contributed by atoms with E-state index in [9.17, 15) is 20.1 Å². The van der Waals surface area contributed by atoms with Crippen molar-refractivity contribution in [1.29, 1.82) is 0 Å². The fourth-order valence-corrected chi connectivity index (χ4v) is 6.23. The molecule has 11 nitrogen and oxygen atoms in total. The average molecular weight is 671 g/mol. The molecule has 0 saturated heterocycles. The summed E-state index contributed by atoms with van der Waals surface area (Å²) < 4.78 is 16.6. The quantitative estimate of drug-likeness (QED) is 0.0439. The second kappa shape index (κ2) is 21.5. The Morgan fingerprint density at radius 2 is 1.19 bits per heavy atom. The van der Waals surface area contributed by atoms with Gasteiger partial charge in [-0.15, -0.1) is 11.8 Å². The Kier molecular flexibility index (Phi) is 17.5. The van der Waals surface area contributed by atoms with Crippen molar-refractivity contribution in [3.05, 3.63) is 108 Å². The van der Waals surface area contributed by atoms with Gasteiger partial charge in [-0.3, -0.25) is 4.79 Å². The number of hydrogen-bond donors (Lipinski definition) is 5. The van der Waals surface area contributed by atoms with Crippen molar-refractivity contribution in [1.82, 2.24) is 5.32 Å². The number of oxime groups is 1. The van der Waals surface area contributed by atoms with Gasteiger partial charge in [0, 0.05) is 12.7 Å². The van der Waals surface area contributed by atoms with E-state index in [1.54, 1.807) is 0 Å². The summed E-state index contributed by atoms with van der Waals surface area (Å²) in [5.74, 6) is 0.287. The molecule has 0 radical (unpaired) electrons. The Hall–Kier alpha value is -3.33. The third-order valence-corrected chi connectivity index (χ3v) is 8.63. The first-order valence-electron chi connectivity index (χ1n) is 15.5. The molecule has 3 aromatic rings. The highest BCUT2D eigenvalue weighted by molar-refractivity contribution is 8.00. The highest BCUT2D eigenvalue weighted by atomic mass is 32.2. The third-order valence-electron chi connectivity index (χ3n) is 7.12. The van der Waals surface area contributed by atoms with E-state index in [0.717, 1.165) is 12.0 Å². The number of rotatable bonds is 23. The second-order valence-corrected chi connectivity index (χ2v) is 11.8. The monoisotopic (exact) mass is 670 g/mol.